The van der Waals surface area contributed by atoms with Crippen molar-refractivity contribution >= 4 is 5.97 Å². The van der Waals surface area contributed by atoms with Gasteiger partial charge in [-0.25, -0.2) is 0 Å². The second-order valence-corrected chi connectivity index (χ2v) is 5.36. The highest BCUT2D eigenvalue weighted by Gasteiger charge is 2.05. The third-order valence-corrected chi connectivity index (χ3v) is 3.32. The summed E-state index contributed by atoms with van der Waals surface area (Å²) in [4.78, 5) is 20.5. The van der Waals surface area contributed by atoms with E-state index in [0.29, 0.717) is 19.4 Å². The molecule has 0 amide bonds. The van der Waals surface area contributed by atoms with Gasteiger partial charge in [0.05, 0.1) is 13.0 Å². The molecule has 2 aromatic heterocycles. The average molecular weight is 298 g/mol. The van der Waals surface area contributed by atoms with Crippen LogP contribution in [0, 0.1) is 13.8 Å². The zero-order chi connectivity index (χ0) is 15.8. The molecule has 0 atom stereocenters. The van der Waals surface area contributed by atoms with Crippen LogP contribution in [0.25, 0.3) is 0 Å². The van der Waals surface area contributed by atoms with Gasteiger partial charge in [-0.15, -0.1) is 0 Å². The highest BCUT2D eigenvalue weighted by atomic mass is 16.5. The quantitative estimate of drug-likeness (QED) is 0.582. The van der Waals surface area contributed by atoms with Crippen molar-refractivity contribution in [1.29, 1.82) is 0 Å². The van der Waals surface area contributed by atoms with Gasteiger partial charge in [0, 0.05) is 29.2 Å². The molecule has 116 valence electrons. The number of ether oxygens (including phenoxy) is 1. The summed E-state index contributed by atoms with van der Waals surface area (Å²) in [5.74, 6) is -0.166. The third-order valence-electron chi connectivity index (χ3n) is 3.32. The highest BCUT2D eigenvalue weighted by molar-refractivity contribution is 5.69. The van der Waals surface area contributed by atoms with Crippen LogP contribution < -0.4 is 0 Å². The maximum Gasteiger partial charge on any atom is 0.306 e. The smallest absolute Gasteiger partial charge is 0.306 e. The summed E-state index contributed by atoms with van der Waals surface area (Å²) >= 11 is 0. The molecule has 0 unspecified atom stereocenters. The fraction of sp³-hybridized carbons (Fsp3) is 0.389. The predicted octanol–water partition coefficient (Wildman–Crippen LogP) is 3.20. The fourth-order valence-electron chi connectivity index (χ4n) is 2.22. The average Bonchev–Trinajstić information content (AvgIpc) is 2.50. The molecule has 22 heavy (non-hydrogen) atoms. The van der Waals surface area contributed by atoms with Crippen molar-refractivity contribution in [3.05, 3.63) is 59.2 Å². The zero-order valence-corrected chi connectivity index (χ0v) is 13.2. The first-order valence-corrected chi connectivity index (χ1v) is 7.64. The third kappa shape index (κ3) is 5.64. The van der Waals surface area contributed by atoms with E-state index in [4.69, 9.17) is 4.74 Å². The summed E-state index contributed by atoms with van der Waals surface area (Å²) in [5, 5.41) is 0. The van der Waals surface area contributed by atoms with Crippen LogP contribution in [-0.4, -0.2) is 22.5 Å². The lowest BCUT2D eigenvalue weighted by atomic mass is 10.2. The van der Waals surface area contributed by atoms with Gasteiger partial charge < -0.3 is 4.74 Å². The molecule has 0 aliphatic rings. The first kappa shape index (κ1) is 16.1. The van der Waals surface area contributed by atoms with E-state index in [1.807, 2.05) is 50.2 Å². The molecule has 4 nitrogen and oxygen atoms in total. The van der Waals surface area contributed by atoms with Gasteiger partial charge in [-0.3, -0.25) is 14.8 Å². The molecule has 0 radical (unpaired) electrons. The van der Waals surface area contributed by atoms with Gasteiger partial charge >= 0.3 is 5.97 Å². The second-order valence-electron chi connectivity index (χ2n) is 5.36. The van der Waals surface area contributed by atoms with Crippen molar-refractivity contribution in [2.45, 2.75) is 39.5 Å². The molecule has 0 saturated heterocycles. The molecule has 2 aromatic rings. The minimum absolute atomic E-state index is 0.166. The SMILES string of the molecule is Cc1cccc(CCCOC(=O)CCc2cccc(C)n2)n1. The number of pyridine rings is 2. The van der Waals surface area contributed by atoms with Crippen LogP contribution in [0.15, 0.2) is 36.4 Å². The first-order chi connectivity index (χ1) is 10.6. The second kappa shape index (κ2) is 8.27. The number of nitrogens with zero attached hydrogens (tertiary/aromatic N) is 2. The molecule has 2 rings (SSSR count). The Morgan fingerprint density at radius 2 is 1.55 bits per heavy atom. The van der Waals surface area contributed by atoms with E-state index in [0.717, 1.165) is 35.6 Å². The zero-order valence-electron chi connectivity index (χ0n) is 13.2. The Hall–Kier alpha value is -2.23. The molecule has 0 fully saturated rings. The first-order valence-electron chi connectivity index (χ1n) is 7.64. The molecule has 0 spiro atoms. The van der Waals surface area contributed by atoms with Crippen LogP contribution in [-0.2, 0) is 22.4 Å². The monoisotopic (exact) mass is 298 g/mol. The molecule has 4 heteroatoms. The van der Waals surface area contributed by atoms with Gasteiger partial charge in [-0.05, 0) is 51.0 Å². The normalized spacial score (nSPS) is 10.5. The van der Waals surface area contributed by atoms with Crippen LogP contribution in [0.4, 0.5) is 0 Å². The largest absolute Gasteiger partial charge is 0.466 e. The molecular formula is C18H22N2O2. The number of esters is 1. The predicted molar refractivity (Wildman–Crippen MR) is 85.5 cm³/mol. The summed E-state index contributed by atoms with van der Waals surface area (Å²) in [6, 6.07) is 11.8. The Balaban J connectivity index is 1.63. The minimum atomic E-state index is -0.166. The van der Waals surface area contributed by atoms with Crippen LogP contribution in [0.1, 0.15) is 35.6 Å². The van der Waals surface area contributed by atoms with Crippen molar-refractivity contribution in [1.82, 2.24) is 9.97 Å². The molecule has 0 aromatic carbocycles. The van der Waals surface area contributed by atoms with Crippen molar-refractivity contribution in [2.24, 2.45) is 0 Å². The highest BCUT2D eigenvalue weighted by Crippen LogP contribution is 2.04. The van der Waals surface area contributed by atoms with E-state index < -0.39 is 0 Å². The van der Waals surface area contributed by atoms with Crippen molar-refractivity contribution in [2.75, 3.05) is 6.61 Å². The van der Waals surface area contributed by atoms with Gasteiger partial charge in [0.2, 0.25) is 0 Å². The standard InChI is InChI=1S/C18H22N2O2/c1-14-6-3-8-16(19-14)10-5-13-22-18(21)12-11-17-9-4-7-15(2)20-17/h3-4,6-9H,5,10-13H2,1-2H3. The van der Waals surface area contributed by atoms with Crippen LogP contribution in [0.5, 0.6) is 0 Å². The Morgan fingerprint density at radius 1 is 0.955 bits per heavy atom. The molecule has 0 bridgehead atoms. The maximum atomic E-state index is 11.7. The summed E-state index contributed by atoms with van der Waals surface area (Å²) in [7, 11) is 0. The van der Waals surface area contributed by atoms with E-state index in [9.17, 15) is 4.79 Å². The number of hydrogen-bond acceptors (Lipinski definition) is 4. The molecular weight excluding hydrogens is 276 g/mol. The maximum absolute atomic E-state index is 11.7. The molecule has 0 saturated carbocycles. The summed E-state index contributed by atoms with van der Waals surface area (Å²) in [5.41, 5.74) is 3.96. The number of aromatic nitrogens is 2. The topological polar surface area (TPSA) is 52.1 Å². The Morgan fingerprint density at radius 3 is 2.14 bits per heavy atom. The summed E-state index contributed by atoms with van der Waals surface area (Å²) < 4.78 is 5.25. The Kier molecular flexibility index (Phi) is 6.07. The minimum Gasteiger partial charge on any atom is -0.466 e. The van der Waals surface area contributed by atoms with Crippen LogP contribution in [0.3, 0.4) is 0 Å². The van der Waals surface area contributed by atoms with Gasteiger partial charge in [-0.1, -0.05) is 12.1 Å². The van der Waals surface area contributed by atoms with Crippen LogP contribution in [0.2, 0.25) is 0 Å². The van der Waals surface area contributed by atoms with Gasteiger partial charge in [0.25, 0.3) is 0 Å². The lowest BCUT2D eigenvalue weighted by Gasteiger charge is -2.05. The fourth-order valence-corrected chi connectivity index (χ4v) is 2.22. The Bertz CT molecular complexity index is 626. The van der Waals surface area contributed by atoms with Crippen LogP contribution >= 0.6 is 0 Å². The molecule has 0 aliphatic carbocycles. The van der Waals surface area contributed by atoms with E-state index in [1.165, 1.54) is 0 Å². The van der Waals surface area contributed by atoms with Crippen molar-refractivity contribution in [3.8, 4) is 0 Å². The van der Waals surface area contributed by atoms with Gasteiger partial charge in [0.15, 0.2) is 0 Å². The lowest BCUT2D eigenvalue weighted by molar-refractivity contribution is -0.143. The number of rotatable bonds is 7. The Labute approximate surface area is 131 Å². The number of carbonyl (C=O) groups excluding carboxylic acids is 1. The van der Waals surface area contributed by atoms with Gasteiger partial charge in [0.1, 0.15) is 0 Å². The molecule has 2 heterocycles. The number of aryl methyl sites for hydroxylation is 4. The van der Waals surface area contributed by atoms with E-state index in [1.54, 1.807) is 0 Å². The summed E-state index contributed by atoms with van der Waals surface area (Å²) in [6.45, 7) is 4.36. The van der Waals surface area contributed by atoms with Gasteiger partial charge in [-0.2, -0.15) is 0 Å². The number of carbonyl (C=O) groups is 1. The van der Waals surface area contributed by atoms with Crippen molar-refractivity contribution < 1.29 is 9.53 Å². The molecule has 0 aliphatic heterocycles. The molecule has 0 N–H and O–H groups in total. The van der Waals surface area contributed by atoms with E-state index >= 15 is 0 Å². The summed E-state index contributed by atoms with van der Waals surface area (Å²) in [6.07, 6.45) is 2.62. The van der Waals surface area contributed by atoms with Crippen molar-refractivity contribution in [3.63, 3.8) is 0 Å². The van der Waals surface area contributed by atoms with E-state index in [2.05, 4.69) is 9.97 Å². The lowest BCUT2D eigenvalue weighted by Crippen LogP contribution is -2.08. The van der Waals surface area contributed by atoms with E-state index in [-0.39, 0.29) is 5.97 Å². The number of hydrogen-bond donors (Lipinski definition) is 0.